The molecule has 20 heavy (non-hydrogen) atoms. The number of hydrogen-bond acceptors (Lipinski definition) is 2. The predicted molar refractivity (Wildman–Crippen MR) is 75.3 cm³/mol. The molecule has 0 atom stereocenters. The molecule has 0 saturated heterocycles. The topological polar surface area (TPSA) is 50.2 Å². The third-order valence-corrected chi connectivity index (χ3v) is 3.06. The molecule has 1 aromatic heterocycles. The van der Waals surface area contributed by atoms with Crippen LogP contribution in [0, 0.1) is 5.82 Å². The molecule has 0 radical (unpaired) electrons. The Balaban J connectivity index is 2.52. The molecule has 0 aliphatic heterocycles. The molecule has 104 valence electrons. The van der Waals surface area contributed by atoms with Crippen molar-refractivity contribution in [2.24, 2.45) is 0 Å². The number of halogens is 1. The minimum absolute atomic E-state index is 0.105. The number of pyridine rings is 1. The maximum Gasteiger partial charge on any atom is 0.338 e. The molecule has 0 fully saturated rings. The maximum absolute atomic E-state index is 13.4. The van der Waals surface area contributed by atoms with Crippen molar-refractivity contribution in [2.45, 2.75) is 26.2 Å². The van der Waals surface area contributed by atoms with Gasteiger partial charge in [-0.2, -0.15) is 0 Å². The smallest absolute Gasteiger partial charge is 0.338 e. The number of carbonyl (C=O) groups is 1. The molecule has 1 heterocycles. The second kappa shape index (κ2) is 5.04. The fourth-order valence-corrected chi connectivity index (χ4v) is 1.89. The Hall–Kier alpha value is -2.23. The Labute approximate surface area is 117 Å². The van der Waals surface area contributed by atoms with Crippen molar-refractivity contribution in [2.75, 3.05) is 0 Å². The van der Waals surface area contributed by atoms with E-state index in [0.29, 0.717) is 5.56 Å². The molecule has 1 aromatic carbocycles. The van der Waals surface area contributed by atoms with Crippen molar-refractivity contribution < 1.29 is 14.3 Å². The van der Waals surface area contributed by atoms with Gasteiger partial charge in [-0.25, -0.2) is 9.18 Å². The van der Waals surface area contributed by atoms with Crippen LogP contribution in [0.2, 0.25) is 0 Å². The van der Waals surface area contributed by atoms with Crippen LogP contribution < -0.4 is 0 Å². The number of carboxylic acid groups (broad SMARTS) is 1. The van der Waals surface area contributed by atoms with Gasteiger partial charge in [-0.1, -0.05) is 26.8 Å². The van der Waals surface area contributed by atoms with E-state index in [1.54, 1.807) is 18.3 Å². The van der Waals surface area contributed by atoms with Crippen LogP contribution in [0.15, 0.2) is 36.5 Å². The lowest BCUT2D eigenvalue weighted by Gasteiger charge is -2.18. The van der Waals surface area contributed by atoms with E-state index in [1.807, 2.05) is 26.8 Å². The molecule has 1 N–H and O–H groups in total. The summed E-state index contributed by atoms with van der Waals surface area (Å²) < 4.78 is 13.4. The average molecular weight is 273 g/mol. The van der Waals surface area contributed by atoms with Gasteiger partial charge in [0.05, 0.1) is 5.56 Å². The van der Waals surface area contributed by atoms with E-state index >= 15 is 0 Å². The molecular formula is C16H16FNO2. The summed E-state index contributed by atoms with van der Waals surface area (Å²) in [6, 6.07) is 7.78. The number of rotatable bonds is 2. The van der Waals surface area contributed by atoms with Crippen LogP contribution >= 0.6 is 0 Å². The Bertz CT molecular complexity index is 660. The first-order chi connectivity index (χ1) is 9.29. The van der Waals surface area contributed by atoms with Gasteiger partial charge in [0.2, 0.25) is 0 Å². The van der Waals surface area contributed by atoms with Crippen LogP contribution in [0.4, 0.5) is 4.39 Å². The fourth-order valence-electron chi connectivity index (χ4n) is 1.89. The number of benzene rings is 1. The van der Waals surface area contributed by atoms with E-state index in [-0.39, 0.29) is 11.0 Å². The number of aromatic nitrogens is 1. The van der Waals surface area contributed by atoms with E-state index in [1.165, 1.54) is 12.1 Å². The summed E-state index contributed by atoms with van der Waals surface area (Å²) >= 11 is 0. The highest BCUT2D eigenvalue weighted by molar-refractivity contribution is 5.89. The second-order valence-corrected chi connectivity index (χ2v) is 5.68. The molecule has 0 unspecified atom stereocenters. The molecular weight excluding hydrogens is 257 g/mol. The molecule has 0 saturated carbocycles. The highest BCUT2D eigenvalue weighted by Gasteiger charge is 2.17. The first-order valence-corrected chi connectivity index (χ1v) is 6.29. The van der Waals surface area contributed by atoms with Gasteiger partial charge in [0.15, 0.2) is 0 Å². The van der Waals surface area contributed by atoms with Crippen LogP contribution in [-0.2, 0) is 5.41 Å². The molecule has 3 nitrogen and oxygen atoms in total. The van der Waals surface area contributed by atoms with E-state index in [9.17, 15) is 9.18 Å². The van der Waals surface area contributed by atoms with Crippen LogP contribution in [0.1, 0.15) is 36.8 Å². The third kappa shape index (κ3) is 2.85. The number of aromatic carboxylic acids is 1. The van der Waals surface area contributed by atoms with Gasteiger partial charge in [0.1, 0.15) is 5.82 Å². The maximum atomic E-state index is 13.4. The lowest BCUT2D eigenvalue weighted by molar-refractivity contribution is 0.0692. The quantitative estimate of drug-likeness (QED) is 0.903. The molecule has 0 aliphatic rings. The Morgan fingerprint density at radius 1 is 1.15 bits per heavy atom. The zero-order valence-corrected chi connectivity index (χ0v) is 11.6. The van der Waals surface area contributed by atoms with E-state index in [0.717, 1.165) is 11.3 Å². The van der Waals surface area contributed by atoms with Gasteiger partial charge >= 0.3 is 5.97 Å². The monoisotopic (exact) mass is 273 g/mol. The summed E-state index contributed by atoms with van der Waals surface area (Å²) in [5.74, 6) is -2.00. The summed E-state index contributed by atoms with van der Waals surface area (Å²) in [7, 11) is 0. The molecule has 2 aromatic rings. The Morgan fingerprint density at radius 3 is 2.40 bits per heavy atom. The minimum atomic E-state index is -1.27. The lowest BCUT2D eigenvalue weighted by atomic mass is 9.90. The van der Waals surface area contributed by atoms with E-state index in [2.05, 4.69) is 4.98 Å². The van der Waals surface area contributed by atoms with Gasteiger partial charge in [-0.3, -0.25) is 4.98 Å². The van der Waals surface area contributed by atoms with Crippen molar-refractivity contribution in [1.29, 1.82) is 0 Å². The van der Waals surface area contributed by atoms with Crippen molar-refractivity contribution in [3.05, 3.63) is 53.6 Å². The minimum Gasteiger partial charge on any atom is -0.478 e. The standard InChI is InChI=1S/C16H16FNO2/c1-16(2,3)14-9-11(6-7-18-14)10-4-5-13(17)12(8-10)15(19)20/h4-9H,1-3H3,(H,19,20). The Kier molecular flexibility index (Phi) is 3.57. The van der Waals surface area contributed by atoms with Gasteiger partial charge in [0, 0.05) is 17.3 Å². The molecule has 0 bridgehead atoms. The number of carboxylic acids is 1. The van der Waals surface area contributed by atoms with Gasteiger partial charge in [-0.15, -0.1) is 0 Å². The SMILES string of the molecule is CC(C)(C)c1cc(-c2ccc(F)c(C(=O)O)c2)ccn1. The van der Waals surface area contributed by atoms with E-state index in [4.69, 9.17) is 5.11 Å². The largest absolute Gasteiger partial charge is 0.478 e. The molecule has 0 spiro atoms. The zero-order chi connectivity index (χ0) is 14.9. The van der Waals surface area contributed by atoms with Gasteiger partial charge in [-0.05, 0) is 35.4 Å². The highest BCUT2D eigenvalue weighted by Crippen LogP contribution is 2.27. The van der Waals surface area contributed by atoms with Crippen molar-refractivity contribution >= 4 is 5.97 Å². The zero-order valence-electron chi connectivity index (χ0n) is 11.6. The number of hydrogen-bond donors (Lipinski definition) is 1. The van der Waals surface area contributed by atoms with Crippen LogP contribution in [0.25, 0.3) is 11.1 Å². The summed E-state index contributed by atoms with van der Waals surface area (Å²) in [5.41, 5.74) is 1.96. The lowest BCUT2D eigenvalue weighted by Crippen LogP contribution is -2.13. The molecule has 2 rings (SSSR count). The van der Waals surface area contributed by atoms with Crippen LogP contribution in [-0.4, -0.2) is 16.1 Å². The third-order valence-electron chi connectivity index (χ3n) is 3.06. The summed E-state index contributed by atoms with van der Waals surface area (Å²) in [5, 5.41) is 8.97. The van der Waals surface area contributed by atoms with Crippen molar-refractivity contribution in [1.82, 2.24) is 4.98 Å². The van der Waals surface area contributed by atoms with Crippen LogP contribution in [0.3, 0.4) is 0 Å². The first kappa shape index (κ1) is 14.2. The molecule has 0 amide bonds. The number of nitrogens with zero attached hydrogens (tertiary/aromatic N) is 1. The van der Waals surface area contributed by atoms with Crippen LogP contribution in [0.5, 0.6) is 0 Å². The normalized spacial score (nSPS) is 11.4. The first-order valence-electron chi connectivity index (χ1n) is 6.29. The Morgan fingerprint density at radius 2 is 1.80 bits per heavy atom. The fraction of sp³-hybridized carbons (Fsp3) is 0.250. The molecule has 4 heteroatoms. The second-order valence-electron chi connectivity index (χ2n) is 5.68. The van der Waals surface area contributed by atoms with Crippen molar-refractivity contribution in [3.8, 4) is 11.1 Å². The highest BCUT2D eigenvalue weighted by atomic mass is 19.1. The van der Waals surface area contributed by atoms with Gasteiger partial charge in [0.25, 0.3) is 0 Å². The predicted octanol–water partition coefficient (Wildman–Crippen LogP) is 3.88. The summed E-state index contributed by atoms with van der Waals surface area (Å²) in [6.07, 6.45) is 1.68. The average Bonchev–Trinajstić information content (AvgIpc) is 2.38. The molecule has 0 aliphatic carbocycles. The summed E-state index contributed by atoms with van der Waals surface area (Å²) in [4.78, 5) is 15.3. The van der Waals surface area contributed by atoms with Gasteiger partial charge < -0.3 is 5.11 Å². The summed E-state index contributed by atoms with van der Waals surface area (Å²) in [6.45, 7) is 6.14. The van der Waals surface area contributed by atoms with E-state index < -0.39 is 11.8 Å². The van der Waals surface area contributed by atoms with Crippen molar-refractivity contribution in [3.63, 3.8) is 0 Å².